The lowest BCUT2D eigenvalue weighted by Crippen LogP contribution is -2.49. The van der Waals surface area contributed by atoms with Crippen LogP contribution >= 0.6 is 11.3 Å². The molecule has 2 aromatic rings. The van der Waals surface area contributed by atoms with E-state index in [2.05, 4.69) is 5.32 Å². The highest BCUT2D eigenvalue weighted by Crippen LogP contribution is 2.38. The number of rotatable bonds is 11. The lowest BCUT2D eigenvalue weighted by atomic mass is 9.77. The van der Waals surface area contributed by atoms with Crippen molar-refractivity contribution in [1.82, 2.24) is 10.2 Å². The van der Waals surface area contributed by atoms with E-state index in [1.165, 1.54) is 28.4 Å². The lowest BCUT2D eigenvalue weighted by molar-refractivity contribution is -0.153. The fraction of sp³-hybridized carbons (Fsp3) is 0.480. The maximum Gasteiger partial charge on any atom is 0.353 e. The Kier molecular flexibility index (Phi) is 8.98. The molecule has 1 aromatic heterocycles. The summed E-state index contributed by atoms with van der Waals surface area (Å²) in [6, 6.07) is 6.93. The summed E-state index contributed by atoms with van der Waals surface area (Å²) in [5.41, 5.74) is 5.30. The number of ether oxygens (including phenoxy) is 1. The Bertz CT molecular complexity index is 1070. The highest BCUT2D eigenvalue weighted by atomic mass is 32.1. The van der Waals surface area contributed by atoms with Gasteiger partial charge < -0.3 is 25.8 Å². The third kappa shape index (κ3) is 6.06. The van der Waals surface area contributed by atoms with Crippen molar-refractivity contribution in [3.63, 3.8) is 0 Å². The van der Waals surface area contributed by atoms with Gasteiger partial charge in [-0.25, -0.2) is 14.0 Å². The number of halogens is 1. The molecule has 4 N–H and O–H groups in total. The molecular weight excluding hydrogens is 473 g/mol. The summed E-state index contributed by atoms with van der Waals surface area (Å²) in [6.07, 6.45) is 2.60. The van der Waals surface area contributed by atoms with E-state index in [1.807, 2.05) is 13.8 Å². The van der Waals surface area contributed by atoms with Crippen molar-refractivity contribution in [3.05, 3.63) is 51.5 Å². The monoisotopic (exact) mass is 505 g/mol. The van der Waals surface area contributed by atoms with Crippen molar-refractivity contribution in [3.8, 4) is 5.75 Å². The van der Waals surface area contributed by atoms with Gasteiger partial charge in [0.1, 0.15) is 10.9 Å². The normalized spacial score (nSPS) is 15.9. The van der Waals surface area contributed by atoms with Crippen molar-refractivity contribution in [2.24, 2.45) is 11.1 Å². The van der Waals surface area contributed by atoms with Gasteiger partial charge in [0.05, 0.1) is 5.41 Å². The maximum atomic E-state index is 14.4. The molecule has 1 aliphatic heterocycles. The Morgan fingerprint density at radius 2 is 2.00 bits per heavy atom. The minimum atomic E-state index is -0.978. The van der Waals surface area contributed by atoms with E-state index in [-0.39, 0.29) is 18.3 Å². The van der Waals surface area contributed by atoms with Crippen LogP contribution < -0.4 is 15.8 Å². The number of hydrogen-bond donors (Lipinski definition) is 3. The second-order valence-corrected chi connectivity index (χ2v) is 9.88. The zero-order valence-corrected chi connectivity index (χ0v) is 20.8. The molecule has 0 radical (unpaired) electrons. The molecule has 0 saturated carbocycles. The smallest absolute Gasteiger partial charge is 0.353 e. The molecule has 1 aromatic carbocycles. The van der Waals surface area contributed by atoms with Crippen molar-refractivity contribution in [2.45, 2.75) is 58.5 Å². The van der Waals surface area contributed by atoms with Gasteiger partial charge in [0, 0.05) is 24.6 Å². The average molecular weight is 506 g/mol. The topological polar surface area (TPSA) is 122 Å². The number of carbonyl (C=O) groups excluding carboxylic acids is 2. The van der Waals surface area contributed by atoms with Crippen LogP contribution in [-0.2, 0) is 22.6 Å². The van der Waals surface area contributed by atoms with Crippen LogP contribution in [0.1, 0.15) is 59.6 Å². The van der Waals surface area contributed by atoms with Crippen molar-refractivity contribution in [1.29, 1.82) is 0 Å². The number of nitrogens with one attached hydrogen (secondary N) is 1. The summed E-state index contributed by atoms with van der Waals surface area (Å²) in [5, 5.41) is 12.4. The fourth-order valence-electron chi connectivity index (χ4n) is 4.47. The van der Waals surface area contributed by atoms with Gasteiger partial charge in [-0.1, -0.05) is 19.9 Å². The summed E-state index contributed by atoms with van der Waals surface area (Å²) >= 11 is 1.20. The molecule has 3 rings (SSSR count). The molecule has 0 spiro atoms. The van der Waals surface area contributed by atoms with E-state index in [4.69, 9.17) is 10.5 Å². The van der Waals surface area contributed by atoms with E-state index in [1.54, 1.807) is 18.2 Å². The molecule has 1 saturated heterocycles. The number of nitrogens with two attached hydrogens (primary N) is 1. The third-order valence-electron chi connectivity index (χ3n) is 6.65. The highest BCUT2D eigenvalue weighted by molar-refractivity contribution is 7.14. The number of benzene rings is 1. The van der Waals surface area contributed by atoms with Gasteiger partial charge >= 0.3 is 11.9 Å². The molecule has 190 valence electrons. The lowest BCUT2D eigenvalue weighted by Gasteiger charge is -2.35. The number of likely N-dealkylation sites (tertiary alicyclic amines) is 1. The number of amides is 1. The molecule has 0 aliphatic carbocycles. The first-order valence-electron chi connectivity index (χ1n) is 11.8. The van der Waals surface area contributed by atoms with Crippen LogP contribution in [0.2, 0.25) is 0 Å². The van der Waals surface area contributed by atoms with Crippen molar-refractivity contribution >= 4 is 29.2 Å². The fourth-order valence-corrected chi connectivity index (χ4v) is 5.50. The van der Waals surface area contributed by atoms with Crippen LogP contribution in [-0.4, -0.2) is 47.1 Å². The first-order valence-corrected chi connectivity index (χ1v) is 12.6. The number of hydrogen-bond acceptors (Lipinski definition) is 7. The first kappa shape index (κ1) is 26.8. The van der Waals surface area contributed by atoms with Gasteiger partial charge in [0.25, 0.3) is 0 Å². The number of thiophene rings is 1. The van der Waals surface area contributed by atoms with Gasteiger partial charge in [-0.05, 0) is 61.9 Å². The summed E-state index contributed by atoms with van der Waals surface area (Å²) in [7, 11) is 0. The van der Waals surface area contributed by atoms with Gasteiger partial charge in [0.2, 0.25) is 5.91 Å². The Morgan fingerprint density at radius 1 is 1.26 bits per heavy atom. The van der Waals surface area contributed by atoms with E-state index < -0.39 is 29.2 Å². The van der Waals surface area contributed by atoms with Crippen molar-refractivity contribution < 1.29 is 28.6 Å². The molecule has 2 heterocycles. The summed E-state index contributed by atoms with van der Waals surface area (Å²) in [6.45, 7) is 4.94. The van der Waals surface area contributed by atoms with Crippen LogP contribution in [0, 0.1) is 11.2 Å². The minimum Gasteiger partial charge on any atom is -0.480 e. The second kappa shape index (κ2) is 11.7. The molecule has 1 atom stereocenters. The van der Waals surface area contributed by atoms with E-state index in [9.17, 15) is 23.9 Å². The number of nitrogens with zero attached hydrogens (tertiary/aromatic N) is 1. The van der Waals surface area contributed by atoms with Crippen LogP contribution in [0.4, 0.5) is 4.39 Å². The molecule has 1 fully saturated rings. The Labute approximate surface area is 208 Å². The Hall–Kier alpha value is -2.82. The van der Waals surface area contributed by atoms with Crippen LogP contribution in [0.15, 0.2) is 30.3 Å². The number of carboxylic acids is 1. The van der Waals surface area contributed by atoms with Crippen LogP contribution in [0.5, 0.6) is 5.75 Å². The van der Waals surface area contributed by atoms with Crippen molar-refractivity contribution in [2.75, 3.05) is 13.2 Å². The molecule has 0 bridgehead atoms. The summed E-state index contributed by atoms with van der Waals surface area (Å²) < 4.78 is 19.6. The largest absolute Gasteiger partial charge is 0.480 e. The Balaban J connectivity index is 1.72. The van der Waals surface area contributed by atoms with Gasteiger partial charge in [-0.3, -0.25) is 4.79 Å². The predicted octanol–water partition coefficient (Wildman–Crippen LogP) is 3.54. The SMILES string of the molecule is CCC(CC)(Cc1ccc(C(=O)Oc2ccc(CNCN)cc2F)s1)C(=O)N1CCC[C@H]1C(=O)O. The number of carbonyl (C=O) groups is 3. The molecule has 10 heteroatoms. The first-order chi connectivity index (χ1) is 16.7. The van der Waals surface area contributed by atoms with E-state index >= 15 is 0 Å². The average Bonchev–Trinajstić information content (AvgIpc) is 3.52. The zero-order chi connectivity index (χ0) is 25.6. The molecule has 0 unspecified atom stereocenters. The van der Waals surface area contributed by atoms with Crippen LogP contribution in [0.3, 0.4) is 0 Å². The standard InChI is InChI=1S/C25H32FN3O5S/c1-3-25(4-2,24(33)29-11-5-6-19(29)22(30)31)13-17-8-10-21(35-17)23(32)34-20-9-7-16(12-18(20)26)14-28-15-27/h7-10,12,19,28H,3-6,11,13-15,27H2,1-2H3,(H,30,31)/t19-/m0/s1. The zero-order valence-electron chi connectivity index (χ0n) is 20.0. The second-order valence-electron chi connectivity index (χ2n) is 8.71. The van der Waals surface area contributed by atoms with E-state index in [0.29, 0.717) is 55.6 Å². The van der Waals surface area contributed by atoms with Gasteiger partial charge in [-0.15, -0.1) is 11.3 Å². The number of carboxylic acid groups (broad SMARTS) is 1. The molecule has 1 amide bonds. The number of esters is 1. The summed E-state index contributed by atoms with van der Waals surface area (Å²) in [5.74, 6) is -2.62. The third-order valence-corrected chi connectivity index (χ3v) is 7.72. The number of aliphatic carboxylic acids is 1. The van der Waals surface area contributed by atoms with Crippen LogP contribution in [0.25, 0.3) is 0 Å². The van der Waals surface area contributed by atoms with Gasteiger partial charge in [0.15, 0.2) is 11.6 Å². The molecular formula is C25H32FN3O5S. The molecule has 1 aliphatic rings. The predicted molar refractivity (Wildman–Crippen MR) is 131 cm³/mol. The quantitative estimate of drug-likeness (QED) is 0.243. The van der Waals surface area contributed by atoms with Gasteiger partial charge in [-0.2, -0.15) is 0 Å². The van der Waals surface area contributed by atoms with E-state index in [0.717, 1.165) is 4.88 Å². The minimum absolute atomic E-state index is 0.156. The maximum absolute atomic E-state index is 14.4. The Morgan fingerprint density at radius 3 is 2.63 bits per heavy atom. The molecule has 8 nitrogen and oxygen atoms in total. The highest BCUT2D eigenvalue weighted by Gasteiger charge is 2.44. The summed E-state index contributed by atoms with van der Waals surface area (Å²) in [4.78, 5) is 40.4. The molecule has 35 heavy (non-hydrogen) atoms.